The SMILES string of the molecule is Cc1nc(-n2cccc2)sc1C(=O)N[C@H](C)Cc1c[nH]c2ccccc12. The highest BCUT2D eigenvalue weighted by Crippen LogP contribution is 2.22. The minimum Gasteiger partial charge on any atom is -0.361 e. The Morgan fingerprint density at radius 1 is 1.27 bits per heavy atom. The van der Waals surface area contributed by atoms with Crippen LogP contribution in [-0.4, -0.2) is 26.5 Å². The Hall–Kier alpha value is -2.86. The maximum atomic E-state index is 12.7. The number of para-hydroxylation sites is 1. The Balaban J connectivity index is 1.48. The van der Waals surface area contributed by atoms with Crippen molar-refractivity contribution in [2.24, 2.45) is 0 Å². The summed E-state index contributed by atoms with van der Waals surface area (Å²) in [5.74, 6) is -0.0641. The van der Waals surface area contributed by atoms with Gasteiger partial charge in [0.05, 0.1) is 5.69 Å². The summed E-state index contributed by atoms with van der Waals surface area (Å²) in [6, 6.07) is 12.1. The summed E-state index contributed by atoms with van der Waals surface area (Å²) in [5.41, 5.74) is 3.09. The number of aryl methyl sites for hydroxylation is 1. The Labute approximate surface area is 155 Å². The van der Waals surface area contributed by atoms with Crippen molar-refractivity contribution in [2.45, 2.75) is 26.3 Å². The fourth-order valence-corrected chi connectivity index (χ4v) is 4.07. The van der Waals surface area contributed by atoms with Crippen LogP contribution >= 0.6 is 11.3 Å². The third kappa shape index (κ3) is 3.15. The third-order valence-corrected chi connectivity index (χ3v) is 5.56. The molecule has 6 heteroatoms. The maximum absolute atomic E-state index is 12.7. The first-order valence-electron chi connectivity index (χ1n) is 8.58. The van der Waals surface area contributed by atoms with Crippen LogP contribution in [0.5, 0.6) is 0 Å². The average Bonchev–Trinajstić information content (AvgIpc) is 3.35. The van der Waals surface area contributed by atoms with Gasteiger partial charge in [-0.25, -0.2) is 4.98 Å². The molecule has 0 saturated carbocycles. The molecule has 1 atom stereocenters. The normalized spacial score (nSPS) is 12.4. The number of carbonyl (C=O) groups is 1. The van der Waals surface area contributed by atoms with E-state index in [1.165, 1.54) is 22.3 Å². The number of nitrogens with zero attached hydrogens (tertiary/aromatic N) is 2. The Morgan fingerprint density at radius 3 is 2.85 bits per heavy atom. The number of aromatic nitrogens is 3. The van der Waals surface area contributed by atoms with Gasteiger partial charge in [0.2, 0.25) is 0 Å². The first-order chi connectivity index (χ1) is 12.6. The van der Waals surface area contributed by atoms with Crippen molar-refractivity contribution in [3.63, 3.8) is 0 Å². The first-order valence-corrected chi connectivity index (χ1v) is 9.40. The molecule has 3 heterocycles. The van der Waals surface area contributed by atoms with E-state index >= 15 is 0 Å². The Kier molecular flexibility index (Phi) is 4.34. The number of aromatic amines is 1. The largest absolute Gasteiger partial charge is 0.361 e. The standard InChI is InChI=1S/C20H20N4OS/c1-13(11-15-12-21-17-8-4-3-7-16(15)17)22-19(25)18-14(2)23-20(26-18)24-9-5-6-10-24/h3-10,12-13,21H,11H2,1-2H3,(H,22,25)/t13-/m1/s1. The summed E-state index contributed by atoms with van der Waals surface area (Å²) in [6.45, 7) is 3.91. The quantitative estimate of drug-likeness (QED) is 0.560. The molecule has 0 fully saturated rings. The molecule has 0 radical (unpaired) electrons. The Morgan fingerprint density at radius 2 is 2.04 bits per heavy atom. The molecule has 2 N–H and O–H groups in total. The van der Waals surface area contributed by atoms with Gasteiger partial charge in [-0.15, -0.1) is 0 Å². The van der Waals surface area contributed by atoms with Gasteiger partial charge in [0.1, 0.15) is 4.88 Å². The van der Waals surface area contributed by atoms with Crippen LogP contribution in [0.3, 0.4) is 0 Å². The lowest BCUT2D eigenvalue weighted by Crippen LogP contribution is -2.33. The molecule has 0 bridgehead atoms. The van der Waals surface area contributed by atoms with E-state index in [2.05, 4.69) is 27.4 Å². The predicted octanol–water partition coefficient (Wildman–Crippen LogP) is 4.08. The van der Waals surface area contributed by atoms with Gasteiger partial charge in [0.15, 0.2) is 5.13 Å². The zero-order valence-electron chi connectivity index (χ0n) is 14.7. The minimum atomic E-state index is -0.0641. The summed E-state index contributed by atoms with van der Waals surface area (Å²) in [6.07, 6.45) is 6.66. The smallest absolute Gasteiger partial charge is 0.263 e. The summed E-state index contributed by atoms with van der Waals surface area (Å²) in [7, 11) is 0. The highest BCUT2D eigenvalue weighted by Gasteiger charge is 2.18. The van der Waals surface area contributed by atoms with Crippen molar-refractivity contribution >= 4 is 28.1 Å². The zero-order chi connectivity index (χ0) is 18.1. The molecule has 0 aliphatic heterocycles. The summed E-state index contributed by atoms with van der Waals surface area (Å²) >= 11 is 1.41. The second-order valence-electron chi connectivity index (χ2n) is 6.44. The molecule has 3 aromatic heterocycles. The van der Waals surface area contributed by atoms with E-state index < -0.39 is 0 Å². The van der Waals surface area contributed by atoms with Gasteiger partial charge < -0.3 is 14.9 Å². The molecule has 0 aliphatic rings. The number of carbonyl (C=O) groups excluding carboxylic acids is 1. The van der Waals surface area contributed by atoms with Crippen LogP contribution in [0.4, 0.5) is 0 Å². The van der Waals surface area contributed by atoms with Crippen LogP contribution in [0.15, 0.2) is 55.0 Å². The van der Waals surface area contributed by atoms with Crippen molar-refractivity contribution in [1.82, 2.24) is 19.9 Å². The van der Waals surface area contributed by atoms with Crippen LogP contribution in [0.1, 0.15) is 27.9 Å². The summed E-state index contributed by atoms with van der Waals surface area (Å²) in [5, 5.41) is 5.12. The second-order valence-corrected chi connectivity index (χ2v) is 7.42. The van der Waals surface area contributed by atoms with Crippen LogP contribution in [0.2, 0.25) is 0 Å². The molecule has 4 aromatic rings. The van der Waals surface area contributed by atoms with E-state index in [1.807, 2.05) is 61.3 Å². The van der Waals surface area contributed by atoms with Crippen LogP contribution < -0.4 is 5.32 Å². The van der Waals surface area contributed by atoms with Gasteiger partial charge in [0.25, 0.3) is 5.91 Å². The monoisotopic (exact) mass is 364 g/mol. The van der Waals surface area contributed by atoms with Crippen molar-refractivity contribution in [3.8, 4) is 5.13 Å². The van der Waals surface area contributed by atoms with Crippen LogP contribution in [0.25, 0.3) is 16.0 Å². The van der Waals surface area contributed by atoms with Crippen molar-refractivity contribution < 1.29 is 4.79 Å². The number of nitrogens with one attached hydrogen (secondary N) is 2. The molecule has 26 heavy (non-hydrogen) atoms. The molecule has 0 saturated heterocycles. The second kappa shape index (κ2) is 6.80. The third-order valence-electron chi connectivity index (χ3n) is 4.40. The fourth-order valence-electron chi connectivity index (χ4n) is 3.14. The predicted molar refractivity (Wildman–Crippen MR) is 105 cm³/mol. The molecular formula is C20H20N4OS. The number of amides is 1. The van der Waals surface area contributed by atoms with E-state index in [9.17, 15) is 4.79 Å². The number of fused-ring (bicyclic) bond motifs is 1. The van der Waals surface area contributed by atoms with Crippen LogP contribution in [0, 0.1) is 6.92 Å². The molecule has 5 nitrogen and oxygen atoms in total. The zero-order valence-corrected chi connectivity index (χ0v) is 15.5. The number of hydrogen-bond donors (Lipinski definition) is 2. The van der Waals surface area contributed by atoms with E-state index in [1.54, 1.807) is 0 Å². The highest BCUT2D eigenvalue weighted by molar-refractivity contribution is 7.16. The molecule has 1 amide bonds. The molecular weight excluding hydrogens is 344 g/mol. The molecule has 0 aliphatic carbocycles. The maximum Gasteiger partial charge on any atom is 0.263 e. The lowest BCUT2D eigenvalue weighted by atomic mass is 10.1. The fraction of sp³-hybridized carbons (Fsp3) is 0.200. The molecule has 0 unspecified atom stereocenters. The van der Waals surface area contributed by atoms with Crippen molar-refractivity contribution in [2.75, 3.05) is 0 Å². The van der Waals surface area contributed by atoms with Gasteiger partial charge in [-0.05, 0) is 44.0 Å². The number of hydrogen-bond acceptors (Lipinski definition) is 3. The average molecular weight is 364 g/mol. The van der Waals surface area contributed by atoms with E-state index in [0.717, 1.165) is 22.8 Å². The summed E-state index contributed by atoms with van der Waals surface area (Å²) in [4.78, 5) is 21.2. The van der Waals surface area contributed by atoms with Gasteiger partial charge in [-0.2, -0.15) is 0 Å². The highest BCUT2D eigenvalue weighted by atomic mass is 32.1. The molecule has 132 valence electrons. The van der Waals surface area contributed by atoms with Gasteiger partial charge in [-0.1, -0.05) is 29.5 Å². The van der Waals surface area contributed by atoms with E-state index in [-0.39, 0.29) is 11.9 Å². The molecule has 0 spiro atoms. The lowest BCUT2D eigenvalue weighted by Gasteiger charge is -2.13. The number of thiazole rings is 1. The molecule has 4 rings (SSSR count). The Bertz CT molecular complexity index is 1050. The minimum absolute atomic E-state index is 0.0261. The van der Waals surface area contributed by atoms with Crippen LogP contribution in [-0.2, 0) is 6.42 Å². The van der Waals surface area contributed by atoms with Gasteiger partial charge >= 0.3 is 0 Å². The number of benzene rings is 1. The topological polar surface area (TPSA) is 62.7 Å². The van der Waals surface area contributed by atoms with E-state index in [4.69, 9.17) is 0 Å². The first kappa shape index (κ1) is 16.6. The number of rotatable bonds is 5. The number of H-pyrrole nitrogens is 1. The van der Waals surface area contributed by atoms with E-state index in [0.29, 0.717) is 4.88 Å². The van der Waals surface area contributed by atoms with Crippen molar-refractivity contribution in [1.29, 1.82) is 0 Å². The van der Waals surface area contributed by atoms with Crippen molar-refractivity contribution in [3.05, 3.63) is 71.1 Å². The van der Waals surface area contributed by atoms with Gasteiger partial charge in [0, 0.05) is 35.5 Å². The molecule has 1 aromatic carbocycles. The summed E-state index contributed by atoms with van der Waals surface area (Å²) < 4.78 is 1.92. The lowest BCUT2D eigenvalue weighted by molar-refractivity contribution is 0.0943. The van der Waals surface area contributed by atoms with Gasteiger partial charge in [-0.3, -0.25) is 4.79 Å².